The molecule has 0 spiro atoms. The molecular formula is C12H23N3O2. The van der Waals surface area contributed by atoms with E-state index in [-0.39, 0.29) is 29.9 Å². The molecule has 17 heavy (non-hydrogen) atoms. The minimum absolute atomic E-state index is 0.000291. The van der Waals surface area contributed by atoms with E-state index in [2.05, 4.69) is 5.32 Å². The molecule has 1 heterocycles. The zero-order chi connectivity index (χ0) is 13.1. The summed E-state index contributed by atoms with van der Waals surface area (Å²) < 4.78 is 0. The summed E-state index contributed by atoms with van der Waals surface area (Å²) in [6, 6.07) is -0.000291. The molecule has 1 rings (SSSR count). The summed E-state index contributed by atoms with van der Waals surface area (Å²) in [5, 5.41) is 2.91. The van der Waals surface area contributed by atoms with Crippen molar-refractivity contribution >= 4 is 11.8 Å². The maximum atomic E-state index is 11.8. The van der Waals surface area contributed by atoms with Gasteiger partial charge in [-0.3, -0.25) is 9.59 Å². The summed E-state index contributed by atoms with van der Waals surface area (Å²) >= 11 is 0. The van der Waals surface area contributed by atoms with Gasteiger partial charge < -0.3 is 16.0 Å². The summed E-state index contributed by atoms with van der Waals surface area (Å²) in [5.41, 5.74) is 5.57. The van der Waals surface area contributed by atoms with Crippen LogP contribution in [-0.4, -0.2) is 41.4 Å². The second kappa shape index (κ2) is 5.49. The van der Waals surface area contributed by atoms with Gasteiger partial charge >= 0.3 is 0 Å². The number of nitrogens with zero attached hydrogens (tertiary/aromatic N) is 1. The van der Waals surface area contributed by atoms with Crippen LogP contribution in [0.1, 0.15) is 40.0 Å². The van der Waals surface area contributed by atoms with Gasteiger partial charge in [-0.15, -0.1) is 0 Å². The molecule has 0 aliphatic carbocycles. The molecule has 0 radical (unpaired) electrons. The number of nitrogens with two attached hydrogens (primary N) is 1. The lowest BCUT2D eigenvalue weighted by Crippen LogP contribution is -2.52. The van der Waals surface area contributed by atoms with Crippen LogP contribution < -0.4 is 11.1 Å². The summed E-state index contributed by atoms with van der Waals surface area (Å²) in [4.78, 5) is 24.9. The Labute approximate surface area is 103 Å². The fourth-order valence-corrected chi connectivity index (χ4v) is 1.77. The largest absolute Gasteiger partial charge is 0.350 e. The van der Waals surface area contributed by atoms with Crippen LogP contribution in [0.2, 0.25) is 0 Å². The van der Waals surface area contributed by atoms with Gasteiger partial charge in [0.15, 0.2) is 0 Å². The van der Waals surface area contributed by atoms with E-state index in [1.54, 1.807) is 4.90 Å². The first-order valence-electron chi connectivity index (χ1n) is 6.18. The summed E-state index contributed by atoms with van der Waals surface area (Å²) in [6.45, 7) is 6.56. The van der Waals surface area contributed by atoms with E-state index in [1.165, 1.54) is 0 Å². The van der Waals surface area contributed by atoms with Crippen molar-refractivity contribution in [3.63, 3.8) is 0 Å². The van der Waals surface area contributed by atoms with Crippen molar-refractivity contribution in [2.24, 2.45) is 5.73 Å². The van der Waals surface area contributed by atoms with Crippen LogP contribution in [0, 0.1) is 0 Å². The highest BCUT2D eigenvalue weighted by molar-refractivity contribution is 5.85. The molecule has 0 saturated carbocycles. The van der Waals surface area contributed by atoms with Gasteiger partial charge in [-0.25, -0.2) is 0 Å². The Balaban J connectivity index is 2.47. The molecular weight excluding hydrogens is 218 g/mol. The highest BCUT2D eigenvalue weighted by Gasteiger charge is 2.26. The molecule has 2 amide bonds. The quantitative estimate of drug-likeness (QED) is 0.740. The molecule has 1 fully saturated rings. The van der Waals surface area contributed by atoms with Crippen LogP contribution in [0.5, 0.6) is 0 Å². The molecule has 3 N–H and O–H groups in total. The number of nitrogens with one attached hydrogen (secondary N) is 1. The molecule has 0 aromatic carbocycles. The van der Waals surface area contributed by atoms with Crippen molar-refractivity contribution < 1.29 is 9.59 Å². The van der Waals surface area contributed by atoms with E-state index >= 15 is 0 Å². The predicted octanol–water partition coefficient (Wildman–Crippen LogP) is 0.241. The van der Waals surface area contributed by atoms with E-state index in [1.807, 2.05) is 20.8 Å². The van der Waals surface area contributed by atoms with Crippen LogP contribution in [0.25, 0.3) is 0 Å². The number of hydrogen-bond donors (Lipinski definition) is 2. The van der Waals surface area contributed by atoms with Crippen LogP contribution in [0.15, 0.2) is 0 Å². The normalized spacial score (nSPS) is 21.5. The second-order valence-corrected chi connectivity index (χ2v) is 5.36. The minimum atomic E-state index is -0.224. The number of hydrogen-bond acceptors (Lipinski definition) is 3. The van der Waals surface area contributed by atoms with Gasteiger partial charge in [0.05, 0.1) is 6.54 Å². The Kier molecular flexibility index (Phi) is 4.51. The molecule has 98 valence electrons. The number of amides is 2. The van der Waals surface area contributed by atoms with Crippen molar-refractivity contribution in [2.45, 2.75) is 51.6 Å². The molecule has 0 aromatic rings. The Hall–Kier alpha value is -1.10. The van der Waals surface area contributed by atoms with E-state index in [0.717, 1.165) is 12.8 Å². The third-order valence-electron chi connectivity index (χ3n) is 3.23. The standard InChI is InChI=1S/C12H23N3O2/c1-4-12(2,3)14-10(16)8-15-7-9(13)5-6-11(15)17/h9H,4-8,13H2,1-3H3,(H,14,16). The average Bonchev–Trinajstić information content (AvgIpc) is 2.23. The lowest BCUT2D eigenvalue weighted by molar-refractivity contribution is -0.138. The van der Waals surface area contributed by atoms with Gasteiger partial charge in [-0.1, -0.05) is 6.92 Å². The first kappa shape index (κ1) is 14.0. The van der Waals surface area contributed by atoms with Crippen molar-refractivity contribution in [3.8, 4) is 0 Å². The van der Waals surface area contributed by atoms with E-state index in [4.69, 9.17) is 5.73 Å². The molecule has 1 saturated heterocycles. The average molecular weight is 241 g/mol. The first-order chi connectivity index (χ1) is 7.84. The van der Waals surface area contributed by atoms with Crippen molar-refractivity contribution in [3.05, 3.63) is 0 Å². The van der Waals surface area contributed by atoms with Crippen LogP contribution in [-0.2, 0) is 9.59 Å². The highest BCUT2D eigenvalue weighted by Crippen LogP contribution is 2.11. The summed E-state index contributed by atoms with van der Waals surface area (Å²) in [5.74, 6) is -0.0875. The van der Waals surface area contributed by atoms with Gasteiger partial charge in [-0.2, -0.15) is 0 Å². The molecule has 1 atom stereocenters. The van der Waals surface area contributed by atoms with Crippen molar-refractivity contribution in [1.82, 2.24) is 10.2 Å². The van der Waals surface area contributed by atoms with Gasteiger partial charge in [0.25, 0.3) is 0 Å². The molecule has 5 heteroatoms. The third-order valence-corrected chi connectivity index (χ3v) is 3.23. The minimum Gasteiger partial charge on any atom is -0.350 e. The summed E-state index contributed by atoms with van der Waals surface area (Å²) in [7, 11) is 0. The lowest BCUT2D eigenvalue weighted by Gasteiger charge is -2.32. The Bertz CT molecular complexity index is 302. The zero-order valence-electron chi connectivity index (χ0n) is 11.0. The number of carbonyl (C=O) groups excluding carboxylic acids is 2. The number of carbonyl (C=O) groups is 2. The lowest BCUT2D eigenvalue weighted by atomic mass is 10.0. The molecule has 0 bridgehead atoms. The Morgan fingerprint density at radius 1 is 1.59 bits per heavy atom. The highest BCUT2D eigenvalue weighted by atomic mass is 16.2. The SMILES string of the molecule is CCC(C)(C)NC(=O)CN1CC(N)CCC1=O. The van der Waals surface area contributed by atoms with Crippen molar-refractivity contribution in [2.75, 3.05) is 13.1 Å². The van der Waals surface area contributed by atoms with Crippen LogP contribution >= 0.6 is 0 Å². The van der Waals surface area contributed by atoms with Gasteiger partial charge in [-0.05, 0) is 26.7 Å². The summed E-state index contributed by atoms with van der Waals surface area (Å²) in [6.07, 6.45) is 2.02. The molecule has 1 unspecified atom stereocenters. The topological polar surface area (TPSA) is 75.4 Å². The van der Waals surface area contributed by atoms with Crippen LogP contribution in [0.3, 0.4) is 0 Å². The first-order valence-corrected chi connectivity index (χ1v) is 6.18. The molecule has 1 aliphatic heterocycles. The van der Waals surface area contributed by atoms with E-state index in [0.29, 0.717) is 13.0 Å². The number of rotatable bonds is 4. The van der Waals surface area contributed by atoms with E-state index < -0.39 is 0 Å². The Morgan fingerprint density at radius 3 is 2.82 bits per heavy atom. The molecule has 0 aromatic heterocycles. The fourth-order valence-electron chi connectivity index (χ4n) is 1.77. The maximum absolute atomic E-state index is 11.8. The number of piperidine rings is 1. The predicted molar refractivity (Wildman–Crippen MR) is 66.3 cm³/mol. The smallest absolute Gasteiger partial charge is 0.240 e. The molecule has 1 aliphatic rings. The van der Waals surface area contributed by atoms with Gasteiger partial charge in [0, 0.05) is 24.5 Å². The maximum Gasteiger partial charge on any atom is 0.240 e. The second-order valence-electron chi connectivity index (χ2n) is 5.36. The van der Waals surface area contributed by atoms with E-state index in [9.17, 15) is 9.59 Å². The molecule has 5 nitrogen and oxygen atoms in total. The fraction of sp³-hybridized carbons (Fsp3) is 0.833. The van der Waals surface area contributed by atoms with Crippen LogP contribution in [0.4, 0.5) is 0 Å². The zero-order valence-corrected chi connectivity index (χ0v) is 11.0. The number of likely N-dealkylation sites (tertiary alicyclic amines) is 1. The third kappa shape index (κ3) is 4.34. The monoisotopic (exact) mass is 241 g/mol. The Morgan fingerprint density at radius 2 is 2.24 bits per heavy atom. The van der Waals surface area contributed by atoms with Gasteiger partial charge in [0.1, 0.15) is 0 Å². The van der Waals surface area contributed by atoms with Crippen molar-refractivity contribution in [1.29, 1.82) is 0 Å². The van der Waals surface area contributed by atoms with Gasteiger partial charge in [0.2, 0.25) is 11.8 Å².